The summed E-state index contributed by atoms with van der Waals surface area (Å²) in [5, 5.41) is 12.4. The van der Waals surface area contributed by atoms with Gasteiger partial charge in [0.15, 0.2) is 0 Å². The average Bonchev–Trinajstić information content (AvgIpc) is 3.29. The van der Waals surface area contributed by atoms with Crippen LogP contribution in [0.25, 0.3) is 0 Å². The Hall–Kier alpha value is -3.38. The van der Waals surface area contributed by atoms with Crippen molar-refractivity contribution in [2.45, 2.75) is 33.9 Å². The largest absolute Gasteiger partial charge is 0.319 e. The molecule has 0 fully saturated rings. The summed E-state index contributed by atoms with van der Waals surface area (Å²) in [7, 11) is 0. The molecule has 0 unspecified atom stereocenters. The summed E-state index contributed by atoms with van der Waals surface area (Å²) in [6, 6.07) is 15.8. The first-order valence-corrected chi connectivity index (χ1v) is 10.4. The highest BCUT2D eigenvalue weighted by atomic mass is 35.5. The number of amides is 1. The van der Waals surface area contributed by atoms with Gasteiger partial charge in [0.05, 0.1) is 41.4 Å². The number of rotatable bonds is 6. The molecule has 31 heavy (non-hydrogen) atoms. The maximum absolute atomic E-state index is 12.6. The Balaban J connectivity index is 1.38. The minimum absolute atomic E-state index is 0.171. The number of aryl methyl sites for hydroxylation is 2. The minimum atomic E-state index is -0.171. The van der Waals surface area contributed by atoms with Crippen molar-refractivity contribution >= 4 is 23.2 Å². The molecule has 6 nitrogen and oxygen atoms in total. The molecular formula is C24H24ClN5O. The molecule has 0 aliphatic rings. The molecule has 0 spiro atoms. The van der Waals surface area contributed by atoms with Crippen molar-refractivity contribution in [3.05, 3.63) is 99.6 Å². The van der Waals surface area contributed by atoms with E-state index in [2.05, 4.69) is 46.7 Å². The van der Waals surface area contributed by atoms with Gasteiger partial charge in [0.25, 0.3) is 5.91 Å². The van der Waals surface area contributed by atoms with Crippen LogP contribution in [-0.2, 0) is 13.1 Å². The summed E-state index contributed by atoms with van der Waals surface area (Å²) in [4.78, 5) is 12.6. The number of carbonyl (C=O) groups is 1. The lowest BCUT2D eigenvalue weighted by atomic mass is 10.1. The Morgan fingerprint density at radius 1 is 0.968 bits per heavy atom. The summed E-state index contributed by atoms with van der Waals surface area (Å²) in [6.45, 7) is 7.16. The van der Waals surface area contributed by atoms with Crippen LogP contribution in [0.2, 0.25) is 5.02 Å². The molecule has 2 heterocycles. The van der Waals surface area contributed by atoms with Crippen LogP contribution >= 0.6 is 11.6 Å². The van der Waals surface area contributed by atoms with E-state index in [1.54, 1.807) is 6.20 Å². The second-order valence-corrected chi connectivity index (χ2v) is 8.08. The van der Waals surface area contributed by atoms with Crippen LogP contribution in [0.3, 0.4) is 0 Å². The second kappa shape index (κ2) is 8.78. The second-order valence-electron chi connectivity index (χ2n) is 7.71. The summed E-state index contributed by atoms with van der Waals surface area (Å²) >= 11 is 6.22. The zero-order valence-electron chi connectivity index (χ0n) is 17.8. The fourth-order valence-corrected chi connectivity index (χ4v) is 3.50. The van der Waals surface area contributed by atoms with Gasteiger partial charge in [-0.2, -0.15) is 10.2 Å². The number of hydrogen-bond acceptors (Lipinski definition) is 3. The van der Waals surface area contributed by atoms with Gasteiger partial charge in [0.2, 0.25) is 0 Å². The quantitative estimate of drug-likeness (QED) is 0.465. The number of nitrogens with zero attached hydrogens (tertiary/aromatic N) is 4. The minimum Gasteiger partial charge on any atom is -0.319 e. The third-order valence-electron chi connectivity index (χ3n) is 5.20. The van der Waals surface area contributed by atoms with E-state index in [0.717, 1.165) is 22.5 Å². The van der Waals surface area contributed by atoms with E-state index in [-0.39, 0.29) is 5.91 Å². The van der Waals surface area contributed by atoms with E-state index < -0.39 is 0 Å². The molecule has 2 aromatic carbocycles. The molecule has 158 valence electrons. The van der Waals surface area contributed by atoms with Gasteiger partial charge >= 0.3 is 0 Å². The van der Waals surface area contributed by atoms with Crippen LogP contribution in [0.4, 0.5) is 5.69 Å². The van der Waals surface area contributed by atoms with Crippen molar-refractivity contribution in [3.8, 4) is 0 Å². The van der Waals surface area contributed by atoms with E-state index in [4.69, 9.17) is 11.6 Å². The summed E-state index contributed by atoms with van der Waals surface area (Å²) in [6.07, 6.45) is 3.49. The highest BCUT2D eigenvalue weighted by Crippen LogP contribution is 2.20. The van der Waals surface area contributed by atoms with Crippen LogP contribution in [-0.4, -0.2) is 25.5 Å². The summed E-state index contributed by atoms with van der Waals surface area (Å²) in [5.41, 5.74) is 6.43. The molecule has 1 N–H and O–H groups in total. The van der Waals surface area contributed by atoms with Gasteiger partial charge in [-0.1, -0.05) is 53.6 Å². The van der Waals surface area contributed by atoms with Crippen molar-refractivity contribution in [2.75, 3.05) is 5.32 Å². The van der Waals surface area contributed by atoms with Crippen molar-refractivity contribution in [3.63, 3.8) is 0 Å². The number of aromatic nitrogens is 4. The first-order valence-electron chi connectivity index (χ1n) is 10.1. The van der Waals surface area contributed by atoms with E-state index in [0.29, 0.717) is 29.4 Å². The lowest BCUT2D eigenvalue weighted by Gasteiger charge is -2.07. The fourth-order valence-electron chi connectivity index (χ4n) is 3.36. The molecule has 0 radical (unpaired) electrons. The number of benzene rings is 2. The van der Waals surface area contributed by atoms with E-state index in [9.17, 15) is 4.79 Å². The SMILES string of the molecule is Cc1ccc(Cn2cc(NC(=O)c3ccc(Cn4nc(C)c(Cl)c4C)cc3)cn2)cc1. The van der Waals surface area contributed by atoms with Crippen molar-refractivity contribution in [1.82, 2.24) is 19.6 Å². The van der Waals surface area contributed by atoms with Crippen molar-refractivity contribution in [2.24, 2.45) is 0 Å². The monoisotopic (exact) mass is 433 g/mol. The topological polar surface area (TPSA) is 64.7 Å². The Kier molecular flexibility index (Phi) is 5.91. The van der Waals surface area contributed by atoms with Crippen molar-refractivity contribution in [1.29, 1.82) is 0 Å². The van der Waals surface area contributed by atoms with Crippen LogP contribution in [0.5, 0.6) is 0 Å². The first kappa shape index (κ1) is 20.9. The normalized spacial score (nSPS) is 11.0. The molecule has 0 bridgehead atoms. The van der Waals surface area contributed by atoms with Gasteiger partial charge in [0.1, 0.15) is 0 Å². The maximum atomic E-state index is 12.6. The van der Waals surface area contributed by atoms with E-state index >= 15 is 0 Å². The molecule has 7 heteroatoms. The van der Waals surface area contributed by atoms with Crippen LogP contribution in [0.15, 0.2) is 60.9 Å². The molecule has 0 atom stereocenters. The molecule has 2 aromatic heterocycles. The van der Waals surface area contributed by atoms with Gasteiger partial charge in [-0.15, -0.1) is 0 Å². The zero-order valence-corrected chi connectivity index (χ0v) is 18.5. The Labute approximate surface area is 186 Å². The number of anilines is 1. The third kappa shape index (κ3) is 4.86. The number of nitrogens with one attached hydrogen (secondary N) is 1. The average molecular weight is 434 g/mol. The predicted octanol–water partition coefficient (Wildman–Crippen LogP) is 5.01. The Morgan fingerprint density at radius 3 is 2.26 bits per heavy atom. The number of halogens is 1. The number of hydrogen-bond donors (Lipinski definition) is 1. The lowest BCUT2D eigenvalue weighted by molar-refractivity contribution is 0.102. The highest BCUT2D eigenvalue weighted by molar-refractivity contribution is 6.31. The zero-order chi connectivity index (χ0) is 22.0. The summed E-state index contributed by atoms with van der Waals surface area (Å²) < 4.78 is 3.68. The third-order valence-corrected chi connectivity index (χ3v) is 5.74. The number of carbonyl (C=O) groups excluding carboxylic acids is 1. The smallest absolute Gasteiger partial charge is 0.255 e. The van der Waals surface area contributed by atoms with Gasteiger partial charge in [0, 0.05) is 11.8 Å². The van der Waals surface area contributed by atoms with Gasteiger partial charge in [-0.25, -0.2) is 0 Å². The van der Waals surface area contributed by atoms with Crippen molar-refractivity contribution < 1.29 is 4.79 Å². The molecule has 1 amide bonds. The van der Waals surface area contributed by atoms with Gasteiger partial charge in [-0.3, -0.25) is 14.2 Å². The molecule has 0 aliphatic heterocycles. The Bertz CT molecular complexity index is 1210. The Morgan fingerprint density at radius 2 is 1.61 bits per heavy atom. The van der Waals surface area contributed by atoms with E-state index in [1.807, 2.05) is 53.7 Å². The molecular weight excluding hydrogens is 410 g/mol. The van der Waals surface area contributed by atoms with E-state index in [1.165, 1.54) is 5.56 Å². The lowest BCUT2D eigenvalue weighted by Crippen LogP contribution is -2.12. The van der Waals surface area contributed by atoms with Gasteiger partial charge in [-0.05, 0) is 44.0 Å². The summed E-state index contributed by atoms with van der Waals surface area (Å²) in [5.74, 6) is -0.171. The van der Waals surface area contributed by atoms with Crippen LogP contribution in [0.1, 0.15) is 38.4 Å². The standard InChI is InChI=1S/C24H24ClN5O/c1-16-4-6-19(7-5-16)13-29-15-22(12-26-29)27-24(31)21-10-8-20(9-11-21)14-30-18(3)23(25)17(2)28-30/h4-12,15H,13-14H2,1-3H3,(H,27,31). The maximum Gasteiger partial charge on any atom is 0.255 e. The van der Waals surface area contributed by atoms with Crippen LogP contribution < -0.4 is 5.32 Å². The molecule has 0 saturated heterocycles. The molecule has 4 aromatic rings. The molecule has 0 aliphatic carbocycles. The first-order chi connectivity index (χ1) is 14.9. The molecule has 0 saturated carbocycles. The van der Waals surface area contributed by atoms with Gasteiger partial charge < -0.3 is 5.32 Å². The predicted molar refractivity (Wildman–Crippen MR) is 123 cm³/mol. The highest BCUT2D eigenvalue weighted by Gasteiger charge is 2.11. The fraction of sp³-hybridized carbons (Fsp3) is 0.208. The van der Waals surface area contributed by atoms with Crippen LogP contribution in [0, 0.1) is 20.8 Å². The molecule has 4 rings (SSSR count).